The fraction of sp³-hybridized carbons (Fsp3) is 0.176. The maximum absolute atomic E-state index is 12.3. The number of hydrogen-bond donors (Lipinski definition) is 2. The molecule has 0 unspecified atom stereocenters. The molecule has 0 fully saturated rings. The van der Waals surface area contributed by atoms with Crippen LogP contribution in [0.1, 0.15) is 5.82 Å². The Morgan fingerprint density at radius 2 is 1.73 bits per heavy atom. The topological polar surface area (TPSA) is 103 Å². The molecule has 26 heavy (non-hydrogen) atoms. The van der Waals surface area contributed by atoms with E-state index in [-0.39, 0.29) is 0 Å². The summed E-state index contributed by atoms with van der Waals surface area (Å²) in [5.74, 6) is 2.88. The summed E-state index contributed by atoms with van der Waals surface area (Å²) in [6.07, 6.45) is 4.83. The molecule has 2 amide bonds. The Hall–Kier alpha value is -3.62. The number of carbonyl (C=O) groups excluding carboxylic acids is 1. The van der Waals surface area contributed by atoms with Gasteiger partial charge in [0.1, 0.15) is 35.3 Å². The van der Waals surface area contributed by atoms with Crippen LogP contribution in [0.5, 0.6) is 11.5 Å². The second kappa shape index (κ2) is 7.51. The largest absolute Gasteiger partial charge is 0.497 e. The van der Waals surface area contributed by atoms with Crippen LogP contribution in [0.2, 0.25) is 0 Å². The molecule has 0 aliphatic rings. The highest BCUT2D eigenvalue weighted by Crippen LogP contribution is 2.25. The van der Waals surface area contributed by atoms with Gasteiger partial charge in [0.15, 0.2) is 0 Å². The van der Waals surface area contributed by atoms with E-state index < -0.39 is 6.03 Å². The van der Waals surface area contributed by atoms with Crippen molar-refractivity contribution in [2.75, 3.05) is 24.9 Å². The van der Waals surface area contributed by atoms with Crippen LogP contribution in [0.4, 0.5) is 16.3 Å². The highest BCUT2D eigenvalue weighted by molar-refractivity contribution is 5.99. The number of ether oxygens (including phenoxy) is 2. The molecule has 3 rings (SSSR count). The van der Waals surface area contributed by atoms with Crippen LogP contribution in [0.15, 0.2) is 43.0 Å². The van der Waals surface area contributed by atoms with E-state index in [4.69, 9.17) is 9.47 Å². The third-order valence-electron chi connectivity index (χ3n) is 3.58. The molecule has 0 saturated heterocycles. The molecule has 0 spiro atoms. The first kappa shape index (κ1) is 17.2. The zero-order valence-corrected chi connectivity index (χ0v) is 14.6. The fourth-order valence-corrected chi connectivity index (χ4v) is 2.33. The van der Waals surface area contributed by atoms with Gasteiger partial charge in [-0.25, -0.2) is 19.7 Å². The standard InChI is InChI=1S/C17H18N6O3/c1-11-18-4-5-23(11)16-9-15(19-10-20-16)22-17(24)21-12-6-13(25-2)8-14(7-12)26-3/h4-10H,1-3H3,(H2,19,20,21,22,24). The molecule has 0 bridgehead atoms. The third kappa shape index (κ3) is 3.89. The molecule has 3 aromatic rings. The van der Waals surface area contributed by atoms with Gasteiger partial charge < -0.3 is 14.8 Å². The summed E-state index contributed by atoms with van der Waals surface area (Å²) in [6, 6.07) is 6.28. The van der Waals surface area contributed by atoms with Gasteiger partial charge in [0.25, 0.3) is 0 Å². The molecule has 9 heteroatoms. The van der Waals surface area contributed by atoms with Crippen LogP contribution in [-0.2, 0) is 0 Å². The second-order valence-corrected chi connectivity index (χ2v) is 5.29. The Bertz CT molecular complexity index is 902. The van der Waals surface area contributed by atoms with E-state index in [9.17, 15) is 4.79 Å². The highest BCUT2D eigenvalue weighted by atomic mass is 16.5. The number of nitrogens with zero attached hydrogens (tertiary/aromatic N) is 4. The molecule has 134 valence electrons. The lowest BCUT2D eigenvalue weighted by Gasteiger charge is -2.11. The van der Waals surface area contributed by atoms with Gasteiger partial charge in [0.05, 0.1) is 14.2 Å². The van der Waals surface area contributed by atoms with Crippen LogP contribution in [0, 0.1) is 6.92 Å². The smallest absolute Gasteiger partial charge is 0.324 e. The third-order valence-corrected chi connectivity index (χ3v) is 3.58. The number of methoxy groups -OCH3 is 2. The van der Waals surface area contributed by atoms with Crippen molar-refractivity contribution in [3.05, 3.63) is 48.8 Å². The number of hydrogen-bond acceptors (Lipinski definition) is 6. The van der Waals surface area contributed by atoms with Gasteiger partial charge in [-0.05, 0) is 6.92 Å². The van der Waals surface area contributed by atoms with Crippen molar-refractivity contribution in [2.24, 2.45) is 0 Å². The minimum absolute atomic E-state index is 0.357. The first-order valence-electron chi connectivity index (χ1n) is 7.72. The lowest BCUT2D eigenvalue weighted by atomic mass is 10.3. The predicted octanol–water partition coefficient (Wildman–Crippen LogP) is 2.63. The molecule has 0 saturated carbocycles. The number of anilines is 2. The van der Waals surface area contributed by atoms with Crippen LogP contribution < -0.4 is 20.1 Å². The minimum atomic E-state index is -0.452. The Balaban J connectivity index is 1.74. The van der Waals surface area contributed by atoms with Gasteiger partial charge in [-0.15, -0.1) is 0 Å². The maximum Gasteiger partial charge on any atom is 0.324 e. The molecule has 2 aromatic heterocycles. The average Bonchev–Trinajstić information content (AvgIpc) is 3.07. The quantitative estimate of drug-likeness (QED) is 0.730. The van der Waals surface area contributed by atoms with E-state index in [0.29, 0.717) is 28.8 Å². The molecule has 2 N–H and O–H groups in total. The average molecular weight is 354 g/mol. The monoisotopic (exact) mass is 354 g/mol. The summed E-state index contributed by atoms with van der Waals surface area (Å²) in [6.45, 7) is 1.86. The Morgan fingerprint density at radius 3 is 2.35 bits per heavy atom. The number of aromatic nitrogens is 4. The number of imidazole rings is 1. The molecule has 0 atom stereocenters. The fourth-order valence-electron chi connectivity index (χ4n) is 2.33. The summed E-state index contributed by atoms with van der Waals surface area (Å²) in [5.41, 5.74) is 0.526. The molecule has 2 heterocycles. The van der Waals surface area contributed by atoms with Crippen LogP contribution in [0.25, 0.3) is 5.82 Å². The van der Waals surface area contributed by atoms with Gasteiger partial charge in [0.2, 0.25) is 0 Å². The minimum Gasteiger partial charge on any atom is -0.497 e. The summed E-state index contributed by atoms with van der Waals surface area (Å²) in [4.78, 5) is 24.7. The van der Waals surface area contributed by atoms with Crippen molar-refractivity contribution in [3.8, 4) is 17.3 Å². The predicted molar refractivity (Wildman–Crippen MR) is 96.1 cm³/mol. The summed E-state index contributed by atoms with van der Waals surface area (Å²) in [7, 11) is 3.08. The van der Waals surface area contributed by atoms with Crippen molar-refractivity contribution in [2.45, 2.75) is 6.92 Å². The number of rotatable bonds is 5. The van der Waals surface area contributed by atoms with E-state index >= 15 is 0 Å². The van der Waals surface area contributed by atoms with E-state index in [1.165, 1.54) is 6.33 Å². The summed E-state index contributed by atoms with van der Waals surface area (Å²) >= 11 is 0. The number of urea groups is 1. The van der Waals surface area contributed by atoms with Gasteiger partial charge >= 0.3 is 6.03 Å². The van der Waals surface area contributed by atoms with Gasteiger partial charge in [-0.3, -0.25) is 9.88 Å². The van der Waals surface area contributed by atoms with E-state index in [2.05, 4.69) is 25.6 Å². The second-order valence-electron chi connectivity index (χ2n) is 5.29. The number of aryl methyl sites for hydroxylation is 1. The van der Waals surface area contributed by atoms with E-state index in [1.807, 2.05) is 6.92 Å². The first-order valence-corrected chi connectivity index (χ1v) is 7.72. The summed E-state index contributed by atoms with van der Waals surface area (Å²) < 4.78 is 12.2. The zero-order valence-electron chi connectivity index (χ0n) is 14.6. The Kier molecular flexibility index (Phi) is 4.97. The number of amides is 2. The SMILES string of the molecule is COc1cc(NC(=O)Nc2cc(-n3ccnc3C)ncn2)cc(OC)c1. The van der Waals surface area contributed by atoms with Gasteiger partial charge in [-0.1, -0.05) is 0 Å². The Morgan fingerprint density at radius 1 is 1.00 bits per heavy atom. The lowest BCUT2D eigenvalue weighted by molar-refractivity contribution is 0.262. The summed E-state index contributed by atoms with van der Waals surface area (Å²) in [5, 5.41) is 5.39. The number of carbonyl (C=O) groups is 1. The molecule has 0 aliphatic heterocycles. The lowest BCUT2D eigenvalue weighted by Crippen LogP contribution is -2.20. The van der Waals surface area contributed by atoms with Crippen molar-refractivity contribution in [3.63, 3.8) is 0 Å². The first-order chi connectivity index (χ1) is 12.6. The van der Waals surface area contributed by atoms with E-state index in [0.717, 1.165) is 5.82 Å². The molecule has 1 aromatic carbocycles. The number of nitrogens with one attached hydrogen (secondary N) is 2. The molecule has 9 nitrogen and oxygen atoms in total. The van der Waals surface area contributed by atoms with Crippen LogP contribution in [0.3, 0.4) is 0 Å². The van der Waals surface area contributed by atoms with Gasteiger partial charge in [0, 0.05) is 42.3 Å². The highest BCUT2D eigenvalue weighted by Gasteiger charge is 2.09. The van der Waals surface area contributed by atoms with Crippen molar-refractivity contribution in [1.29, 1.82) is 0 Å². The zero-order chi connectivity index (χ0) is 18.5. The number of benzene rings is 1. The van der Waals surface area contributed by atoms with E-state index in [1.54, 1.807) is 55.4 Å². The van der Waals surface area contributed by atoms with Crippen molar-refractivity contribution in [1.82, 2.24) is 19.5 Å². The molecule has 0 radical (unpaired) electrons. The molecule has 0 aliphatic carbocycles. The molecular formula is C17H18N6O3. The van der Waals surface area contributed by atoms with Crippen LogP contribution in [-0.4, -0.2) is 39.8 Å². The van der Waals surface area contributed by atoms with Gasteiger partial charge in [-0.2, -0.15) is 0 Å². The Labute approximate surface area is 150 Å². The maximum atomic E-state index is 12.3. The van der Waals surface area contributed by atoms with Crippen LogP contribution >= 0.6 is 0 Å². The normalized spacial score (nSPS) is 10.3. The van der Waals surface area contributed by atoms with Crippen molar-refractivity contribution < 1.29 is 14.3 Å². The molecular weight excluding hydrogens is 336 g/mol. The van der Waals surface area contributed by atoms with Crippen molar-refractivity contribution >= 4 is 17.5 Å².